The summed E-state index contributed by atoms with van der Waals surface area (Å²) in [6.07, 6.45) is 0. The number of benzene rings is 1. The minimum absolute atomic E-state index is 0.669. The molecule has 0 aliphatic carbocycles. The molecule has 1 N–H and O–H groups in total. The zero-order chi connectivity index (χ0) is 11.5. The first-order chi connectivity index (χ1) is 7.65. The summed E-state index contributed by atoms with van der Waals surface area (Å²) in [5, 5.41) is 4.99. The van der Waals surface area contributed by atoms with Crippen molar-refractivity contribution in [3.63, 3.8) is 0 Å². The molecule has 2 nitrogen and oxygen atoms in total. The number of rotatable bonds is 1. The average molecular weight is 367 g/mol. The number of nitrogens with one attached hydrogen (secondary N) is 1. The second-order valence-corrected chi connectivity index (χ2v) is 6.47. The van der Waals surface area contributed by atoms with E-state index < -0.39 is 0 Å². The van der Waals surface area contributed by atoms with Crippen LogP contribution in [0.3, 0.4) is 0 Å². The van der Waals surface area contributed by atoms with E-state index in [0.29, 0.717) is 5.92 Å². The highest BCUT2D eigenvalue weighted by molar-refractivity contribution is 14.1. The number of amidine groups is 1. The minimum Gasteiger partial charge on any atom is -0.334 e. The first-order valence-corrected chi connectivity index (χ1v) is 7.48. The third kappa shape index (κ3) is 3.28. The van der Waals surface area contributed by atoms with Gasteiger partial charge in [0.05, 0.1) is 10.7 Å². The van der Waals surface area contributed by atoms with Gasteiger partial charge in [0, 0.05) is 15.9 Å². The van der Waals surface area contributed by atoms with Crippen molar-refractivity contribution in [3.05, 3.63) is 26.8 Å². The molecule has 0 saturated carbocycles. The standard InChI is InChI=1S/C11H12ClIN2S/c1-7-5-14-11(16-6-7)15-10-3-2-8(13)4-9(10)12/h2-4,7H,5-6H2,1H3,(H,14,15). The van der Waals surface area contributed by atoms with Gasteiger partial charge >= 0.3 is 0 Å². The van der Waals surface area contributed by atoms with Crippen molar-refractivity contribution in [1.29, 1.82) is 0 Å². The van der Waals surface area contributed by atoms with E-state index in [1.165, 1.54) is 0 Å². The third-order valence-corrected chi connectivity index (χ3v) is 4.45. The zero-order valence-electron chi connectivity index (χ0n) is 8.84. The molecule has 1 aliphatic rings. The summed E-state index contributed by atoms with van der Waals surface area (Å²) in [5.74, 6) is 1.79. The van der Waals surface area contributed by atoms with Gasteiger partial charge in [0.2, 0.25) is 0 Å². The molecule has 0 amide bonds. The van der Waals surface area contributed by atoms with Crippen molar-refractivity contribution in [1.82, 2.24) is 0 Å². The van der Waals surface area contributed by atoms with Gasteiger partial charge in [0.25, 0.3) is 0 Å². The first kappa shape index (κ1) is 12.5. The van der Waals surface area contributed by atoms with Crippen molar-refractivity contribution in [2.45, 2.75) is 6.92 Å². The van der Waals surface area contributed by atoms with Crippen LogP contribution in [0.4, 0.5) is 5.69 Å². The topological polar surface area (TPSA) is 24.4 Å². The summed E-state index contributed by atoms with van der Waals surface area (Å²) in [4.78, 5) is 4.48. The average Bonchev–Trinajstić information content (AvgIpc) is 2.25. The molecule has 5 heteroatoms. The minimum atomic E-state index is 0.669. The zero-order valence-corrected chi connectivity index (χ0v) is 12.6. The highest BCUT2D eigenvalue weighted by atomic mass is 127. The molecule has 86 valence electrons. The van der Waals surface area contributed by atoms with E-state index in [2.05, 4.69) is 39.8 Å². The smallest absolute Gasteiger partial charge is 0.161 e. The Labute approximate surface area is 118 Å². The molecule has 1 unspecified atom stereocenters. The highest BCUT2D eigenvalue weighted by Gasteiger charge is 2.13. The summed E-state index contributed by atoms with van der Waals surface area (Å²) >= 11 is 10.2. The van der Waals surface area contributed by atoms with E-state index in [1.54, 1.807) is 11.8 Å². The van der Waals surface area contributed by atoms with Crippen molar-refractivity contribution >= 4 is 56.8 Å². The van der Waals surface area contributed by atoms with E-state index in [4.69, 9.17) is 11.6 Å². The van der Waals surface area contributed by atoms with Gasteiger partial charge in [-0.2, -0.15) is 0 Å². The Morgan fingerprint density at radius 3 is 3.00 bits per heavy atom. The lowest BCUT2D eigenvalue weighted by atomic mass is 10.2. The summed E-state index contributed by atoms with van der Waals surface area (Å²) in [6, 6.07) is 5.97. The summed E-state index contributed by atoms with van der Waals surface area (Å²) in [6.45, 7) is 3.11. The lowest BCUT2D eigenvalue weighted by Crippen LogP contribution is -2.18. The van der Waals surface area contributed by atoms with E-state index >= 15 is 0 Å². The second-order valence-electron chi connectivity index (χ2n) is 3.81. The first-order valence-electron chi connectivity index (χ1n) is 5.04. The van der Waals surface area contributed by atoms with Gasteiger partial charge in [-0.05, 0) is 46.7 Å². The predicted octanol–water partition coefficient (Wildman–Crippen LogP) is 4.10. The number of aliphatic imine (C=N–C) groups is 1. The Hall–Kier alpha value is 0.0600. The van der Waals surface area contributed by atoms with E-state index in [-0.39, 0.29) is 0 Å². The van der Waals surface area contributed by atoms with Gasteiger partial charge in [0.15, 0.2) is 5.17 Å². The number of hydrogen-bond donors (Lipinski definition) is 1. The van der Waals surface area contributed by atoms with Crippen molar-refractivity contribution in [2.24, 2.45) is 10.9 Å². The number of halogens is 2. The van der Waals surface area contributed by atoms with Crippen LogP contribution in [-0.2, 0) is 0 Å². The van der Waals surface area contributed by atoms with Crippen LogP contribution in [0.15, 0.2) is 23.2 Å². The summed E-state index contributed by atoms with van der Waals surface area (Å²) in [5.41, 5.74) is 0.933. The lowest BCUT2D eigenvalue weighted by Gasteiger charge is -2.18. The fourth-order valence-electron chi connectivity index (χ4n) is 1.34. The Morgan fingerprint density at radius 2 is 2.38 bits per heavy atom. The molecule has 0 aromatic heterocycles. The quantitative estimate of drug-likeness (QED) is 0.757. The highest BCUT2D eigenvalue weighted by Crippen LogP contribution is 2.26. The number of hydrogen-bond acceptors (Lipinski definition) is 3. The van der Waals surface area contributed by atoms with Crippen molar-refractivity contribution in [2.75, 3.05) is 17.6 Å². The van der Waals surface area contributed by atoms with Crippen LogP contribution in [0.5, 0.6) is 0 Å². The van der Waals surface area contributed by atoms with Crippen LogP contribution >= 0.6 is 46.0 Å². The van der Waals surface area contributed by atoms with E-state index in [9.17, 15) is 0 Å². The molecular weight excluding hydrogens is 355 g/mol. The van der Waals surface area contributed by atoms with Gasteiger partial charge in [-0.1, -0.05) is 30.3 Å². The molecule has 0 spiro atoms. The van der Waals surface area contributed by atoms with Gasteiger partial charge in [-0.25, -0.2) is 0 Å². The molecule has 1 aromatic rings. The molecular formula is C11H12ClIN2S. The van der Waals surface area contributed by atoms with Gasteiger partial charge < -0.3 is 5.32 Å². The van der Waals surface area contributed by atoms with Crippen LogP contribution in [0.1, 0.15) is 6.92 Å². The number of anilines is 1. The second kappa shape index (κ2) is 5.60. The predicted molar refractivity (Wildman–Crippen MR) is 81.7 cm³/mol. The SMILES string of the molecule is CC1CN=C(Nc2ccc(I)cc2Cl)SC1. The fourth-order valence-corrected chi connectivity index (χ4v) is 3.14. The molecule has 1 aromatic carbocycles. The van der Waals surface area contributed by atoms with Crippen molar-refractivity contribution in [3.8, 4) is 0 Å². The van der Waals surface area contributed by atoms with E-state index in [1.807, 2.05) is 18.2 Å². The van der Waals surface area contributed by atoms with Crippen LogP contribution in [0.2, 0.25) is 5.02 Å². The normalized spacial score (nSPS) is 20.4. The van der Waals surface area contributed by atoms with Crippen LogP contribution in [-0.4, -0.2) is 17.5 Å². The van der Waals surface area contributed by atoms with Crippen molar-refractivity contribution < 1.29 is 0 Å². The maximum atomic E-state index is 6.15. The maximum absolute atomic E-state index is 6.15. The van der Waals surface area contributed by atoms with Gasteiger partial charge in [-0.3, -0.25) is 4.99 Å². The Kier molecular flexibility index (Phi) is 4.38. The summed E-state index contributed by atoms with van der Waals surface area (Å²) in [7, 11) is 0. The Bertz CT molecular complexity index is 422. The molecule has 1 atom stereocenters. The largest absolute Gasteiger partial charge is 0.334 e. The number of nitrogens with zero attached hydrogens (tertiary/aromatic N) is 1. The molecule has 0 bridgehead atoms. The van der Waals surface area contributed by atoms with E-state index in [0.717, 1.165) is 31.7 Å². The lowest BCUT2D eigenvalue weighted by molar-refractivity contribution is 0.674. The molecule has 0 fully saturated rings. The Morgan fingerprint density at radius 1 is 1.56 bits per heavy atom. The Balaban J connectivity index is 2.09. The molecule has 0 radical (unpaired) electrons. The maximum Gasteiger partial charge on any atom is 0.161 e. The molecule has 16 heavy (non-hydrogen) atoms. The van der Waals surface area contributed by atoms with Crippen LogP contribution < -0.4 is 5.32 Å². The van der Waals surface area contributed by atoms with Crippen LogP contribution in [0, 0.1) is 9.49 Å². The van der Waals surface area contributed by atoms with Crippen LogP contribution in [0.25, 0.3) is 0 Å². The van der Waals surface area contributed by atoms with Gasteiger partial charge in [0.1, 0.15) is 0 Å². The summed E-state index contributed by atoms with van der Waals surface area (Å²) < 4.78 is 1.14. The molecule has 2 rings (SSSR count). The van der Waals surface area contributed by atoms with Gasteiger partial charge in [-0.15, -0.1) is 0 Å². The monoisotopic (exact) mass is 366 g/mol. The number of thioether (sulfide) groups is 1. The third-order valence-electron chi connectivity index (χ3n) is 2.22. The molecule has 1 aliphatic heterocycles. The molecule has 1 heterocycles. The fraction of sp³-hybridized carbons (Fsp3) is 0.364. The molecule has 0 saturated heterocycles.